The average molecular weight is 403 g/mol. The first kappa shape index (κ1) is 22.4. The molecule has 1 aliphatic heterocycles. The number of anilines is 1. The second-order valence-electron chi connectivity index (χ2n) is 7.39. The van der Waals surface area contributed by atoms with E-state index in [-0.39, 0.29) is 0 Å². The molecule has 0 radical (unpaired) electrons. The molecule has 0 aliphatic carbocycles. The monoisotopic (exact) mass is 403 g/mol. The maximum Gasteiger partial charge on any atom is 0.327 e. The summed E-state index contributed by atoms with van der Waals surface area (Å²) in [5, 5.41) is 5.39. The molecule has 1 heterocycles. The van der Waals surface area contributed by atoms with E-state index in [1.54, 1.807) is 12.1 Å². The van der Waals surface area contributed by atoms with Crippen molar-refractivity contribution in [3.05, 3.63) is 29.8 Å². The minimum absolute atomic E-state index is 0.417. The largest absolute Gasteiger partial charge is 0.451 e. The van der Waals surface area contributed by atoms with Crippen molar-refractivity contribution in [3.8, 4) is 0 Å². The van der Waals surface area contributed by atoms with Crippen molar-refractivity contribution in [2.24, 2.45) is 0 Å². The lowest BCUT2D eigenvalue weighted by Crippen LogP contribution is -2.47. The summed E-state index contributed by atoms with van der Waals surface area (Å²) in [6.07, 6.45) is 1.39. The summed E-state index contributed by atoms with van der Waals surface area (Å²) in [6, 6.07) is 6.59. The Labute approximate surface area is 171 Å². The lowest BCUT2D eigenvalue weighted by Gasteiger charge is -2.25. The topological polar surface area (TPSA) is 105 Å². The van der Waals surface area contributed by atoms with Crippen molar-refractivity contribution < 1.29 is 23.9 Å². The zero-order chi connectivity index (χ0) is 21.6. The van der Waals surface area contributed by atoms with Crippen LogP contribution in [-0.2, 0) is 19.1 Å². The van der Waals surface area contributed by atoms with Crippen molar-refractivity contribution in [2.75, 3.05) is 11.9 Å². The van der Waals surface area contributed by atoms with Crippen LogP contribution in [0.5, 0.6) is 0 Å². The normalized spacial score (nSPS) is 16.3. The molecule has 29 heavy (non-hydrogen) atoms. The summed E-state index contributed by atoms with van der Waals surface area (Å²) >= 11 is 0. The van der Waals surface area contributed by atoms with E-state index in [9.17, 15) is 19.2 Å². The highest BCUT2D eigenvalue weighted by molar-refractivity contribution is 6.08. The number of carbonyl (C=O) groups is 4. The van der Waals surface area contributed by atoms with E-state index < -0.39 is 42.0 Å². The first-order chi connectivity index (χ1) is 13.7. The summed E-state index contributed by atoms with van der Waals surface area (Å²) in [5.41, 5.74) is 0.676. The van der Waals surface area contributed by atoms with Crippen LogP contribution in [0.3, 0.4) is 0 Å². The third-order valence-electron chi connectivity index (χ3n) is 4.88. The standard InChI is InChI=1S/C21H29N3O5/c1-5-11-21(12-6-2)19(27)24(20(28)23-21)13-17(25)29-15(4)18(26)22-16-9-7-14(3)8-10-16/h7-10,15H,5-6,11-13H2,1-4H3,(H,22,26)(H,23,28)/t15-/m0/s1. The second kappa shape index (κ2) is 9.54. The van der Waals surface area contributed by atoms with Gasteiger partial charge in [0.05, 0.1) is 0 Å². The van der Waals surface area contributed by atoms with Crippen LogP contribution in [0.4, 0.5) is 10.5 Å². The molecular weight excluding hydrogens is 374 g/mol. The van der Waals surface area contributed by atoms with Crippen LogP contribution in [0.15, 0.2) is 24.3 Å². The zero-order valence-electron chi connectivity index (χ0n) is 17.4. The summed E-state index contributed by atoms with van der Waals surface area (Å²) in [5.74, 6) is -1.73. The van der Waals surface area contributed by atoms with Gasteiger partial charge in [-0.1, -0.05) is 44.4 Å². The van der Waals surface area contributed by atoms with Crippen molar-refractivity contribution in [3.63, 3.8) is 0 Å². The molecule has 0 aromatic heterocycles. The number of hydrogen-bond acceptors (Lipinski definition) is 5. The predicted molar refractivity (Wildman–Crippen MR) is 108 cm³/mol. The van der Waals surface area contributed by atoms with Crippen LogP contribution < -0.4 is 10.6 Å². The van der Waals surface area contributed by atoms with Crippen LogP contribution in [0.2, 0.25) is 0 Å². The number of imide groups is 1. The van der Waals surface area contributed by atoms with Gasteiger partial charge in [0.15, 0.2) is 6.10 Å². The molecule has 8 heteroatoms. The summed E-state index contributed by atoms with van der Waals surface area (Å²) in [6.45, 7) is 6.71. The molecule has 8 nitrogen and oxygen atoms in total. The molecule has 0 unspecified atom stereocenters. The van der Waals surface area contributed by atoms with Gasteiger partial charge < -0.3 is 15.4 Å². The number of aryl methyl sites for hydroxylation is 1. The van der Waals surface area contributed by atoms with Crippen LogP contribution >= 0.6 is 0 Å². The van der Waals surface area contributed by atoms with Crippen molar-refractivity contribution in [2.45, 2.75) is 65.0 Å². The molecule has 2 rings (SSSR count). The minimum Gasteiger partial charge on any atom is -0.451 e. The van der Waals surface area contributed by atoms with Crippen LogP contribution in [0, 0.1) is 6.92 Å². The first-order valence-electron chi connectivity index (χ1n) is 9.93. The van der Waals surface area contributed by atoms with Gasteiger partial charge >= 0.3 is 12.0 Å². The Morgan fingerprint density at radius 1 is 1.14 bits per heavy atom. The van der Waals surface area contributed by atoms with Crippen LogP contribution in [0.25, 0.3) is 0 Å². The van der Waals surface area contributed by atoms with E-state index in [0.717, 1.165) is 23.3 Å². The molecule has 4 amide bonds. The smallest absolute Gasteiger partial charge is 0.327 e. The van der Waals surface area contributed by atoms with Crippen molar-refractivity contribution in [1.29, 1.82) is 0 Å². The Balaban J connectivity index is 1.95. The van der Waals surface area contributed by atoms with Gasteiger partial charge in [-0.05, 0) is 38.8 Å². The number of nitrogens with zero attached hydrogens (tertiary/aromatic N) is 1. The third kappa shape index (κ3) is 5.34. The van der Waals surface area contributed by atoms with Crippen LogP contribution in [0.1, 0.15) is 52.0 Å². The number of nitrogens with one attached hydrogen (secondary N) is 2. The molecule has 1 aromatic carbocycles. The fourth-order valence-electron chi connectivity index (χ4n) is 3.44. The first-order valence-corrected chi connectivity index (χ1v) is 9.93. The van der Waals surface area contributed by atoms with Gasteiger partial charge in [0, 0.05) is 5.69 Å². The number of carbonyl (C=O) groups excluding carboxylic acids is 4. The molecular formula is C21H29N3O5. The lowest BCUT2D eigenvalue weighted by molar-refractivity contribution is -0.155. The molecule has 0 bridgehead atoms. The molecule has 0 spiro atoms. The molecule has 1 fully saturated rings. The fraction of sp³-hybridized carbons (Fsp3) is 0.524. The quantitative estimate of drug-likeness (QED) is 0.487. The van der Waals surface area contributed by atoms with Gasteiger partial charge in [-0.3, -0.25) is 19.3 Å². The van der Waals surface area contributed by atoms with Gasteiger partial charge in [0.25, 0.3) is 11.8 Å². The Hall–Kier alpha value is -2.90. The summed E-state index contributed by atoms with van der Waals surface area (Å²) in [7, 11) is 0. The lowest BCUT2D eigenvalue weighted by atomic mass is 9.88. The second-order valence-corrected chi connectivity index (χ2v) is 7.39. The van der Waals surface area contributed by atoms with E-state index in [1.165, 1.54) is 6.92 Å². The number of rotatable bonds is 9. The number of benzene rings is 1. The maximum absolute atomic E-state index is 12.8. The number of urea groups is 1. The summed E-state index contributed by atoms with van der Waals surface area (Å²) < 4.78 is 5.13. The van der Waals surface area contributed by atoms with Gasteiger partial charge in [0.1, 0.15) is 12.1 Å². The molecule has 1 aromatic rings. The maximum atomic E-state index is 12.8. The Morgan fingerprint density at radius 3 is 2.28 bits per heavy atom. The van der Waals surface area contributed by atoms with Gasteiger partial charge in [-0.2, -0.15) is 0 Å². The molecule has 2 N–H and O–H groups in total. The Morgan fingerprint density at radius 2 is 1.72 bits per heavy atom. The zero-order valence-corrected chi connectivity index (χ0v) is 17.4. The van der Waals surface area contributed by atoms with E-state index in [0.29, 0.717) is 18.5 Å². The molecule has 1 atom stereocenters. The van der Waals surface area contributed by atoms with E-state index >= 15 is 0 Å². The van der Waals surface area contributed by atoms with E-state index in [2.05, 4.69) is 10.6 Å². The highest BCUT2D eigenvalue weighted by Gasteiger charge is 2.50. The SMILES string of the molecule is CCCC1(CCC)NC(=O)N(CC(=O)O[C@@H](C)C(=O)Nc2ccc(C)cc2)C1=O. The number of hydrogen-bond donors (Lipinski definition) is 2. The Bertz CT molecular complexity index is 769. The highest BCUT2D eigenvalue weighted by Crippen LogP contribution is 2.28. The average Bonchev–Trinajstić information content (AvgIpc) is 2.88. The van der Waals surface area contributed by atoms with Gasteiger partial charge in [-0.25, -0.2) is 4.79 Å². The minimum atomic E-state index is -1.07. The predicted octanol–water partition coefficient (Wildman–Crippen LogP) is 2.76. The molecule has 0 saturated carbocycles. The van der Waals surface area contributed by atoms with Gasteiger partial charge in [-0.15, -0.1) is 0 Å². The molecule has 1 saturated heterocycles. The van der Waals surface area contributed by atoms with Crippen LogP contribution in [-0.4, -0.2) is 46.9 Å². The van der Waals surface area contributed by atoms with Crippen molar-refractivity contribution >= 4 is 29.5 Å². The molecule has 158 valence electrons. The Kier molecular flexibility index (Phi) is 7.36. The van der Waals surface area contributed by atoms with Crippen molar-refractivity contribution in [1.82, 2.24) is 10.2 Å². The van der Waals surface area contributed by atoms with E-state index in [4.69, 9.17) is 4.74 Å². The van der Waals surface area contributed by atoms with E-state index in [1.807, 2.05) is 32.9 Å². The van der Waals surface area contributed by atoms with Gasteiger partial charge in [0.2, 0.25) is 0 Å². The highest BCUT2D eigenvalue weighted by atomic mass is 16.5. The fourth-order valence-corrected chi connectivity index (χ4v) is 3.44. The third-order valence-corrected chi connectivity index (χ3v) is 4.88. The number of amides is 4. The number of esters is 1. The molecule has 1 aliphatic rings. The summed E-state index contributed by atoms with van der Waals surface area (Å²) in [4.78, 5) is 50.4. The number of ether oxygens (including phenoxy) is 1.